The molecule has 0 atom stereocenters. The van der Waals surface area contributed by atoms with Crippen molar-refractivity contribution in [3.8, 4) is 5.75 Å². The van der Waals surface area contributed by atoms with Crippen molar-refractivity contribution in [2.45, 2.75) is 12.8 Å². The Labute approximate surface area is 123 Å². The van der Waals surface area contributed by atoms with Gasteiger partial charge in [-0.2, -0.15) is 0 Å². The zero-order valence-electron chi connectivity index (χ0n) is 12.0. The average Bonchev–Trinajstić information content (AvgIpc) is 3.01. The fourth-order valence-electron chi connectivity index (χ4n) is 2.77. The first-order chi connectivity index (χ1) is 10.3. The lowest BCUT2D eigenvalue weighted by atomic mass is 9.85. The molecule has 1 aromatic carbocycles. The van der Waals surface area contributed by atoms with E-state index in [9.17, 15) is 4.79 Å². The lowest BCUT2D eigenvalue weighted by Crippen LogP contribution is -2.14. The van der Waals surface area contributed by atoms with Gasteiger partial charge < -0.3 is 13.9 Å². The molecule has 0 bridgehead atoms. The zero-order chi connectivity index (χ0) is 14.8. The molecule has 21 heavy (non-hydrogen) atoms. The first kappa shape index (κ1) is 13.5. The van der Waals surface area contributed by atoms with Crippen LogP contribution < -0.4 is 4.74 Å². The standard InChI is InChI=1S/C17H16O4/c1-19-14-6-4-3-5-11(14)16-12-9-10-21-15(12)8-7-13(16)17(18)20-2/h3-6,9-10H,7-8H2,1-2H3. The summed E-state index contributed by atoms with van der Waals surface area (Å²) in [6.07, 6.45) is 2.95. The van der Waals surface area contributed by atoms with Crippen LogP contribution in [-0.4, -0.2) is 20.2 Å². The third-order valence-corrected chi connectivity index (χ3v) is 3.73. The summed E-state index contributed by atoms with van der Waals surface area (Å²) in [6.45, 7) is 0. The summed E-state index contributed by atoms with van der Waals surface area (Å²) >= 11 is 0. The van der Waals surface area contributed by atoms with Crippen molar-refractivity contribution < 1.29 is 18.7 Å². The Morgan fingerprint density at radius 1 is 1.10 bits per heavy atom. The second-order valence-electron chi connectivity index (χ2n) is 4.80. The summed E-state index contributed by atoms with van der Waals surface area (Å²) in [4.78, 5) is 12.1. The first-order valence-electron chi connectivity index (χ1n) is 6.78. The van der Waals surface area contributed by atoms with Crippen molar-refractivity contribution >= 4 is 11.5 Å². The molecular formula is C17H16O4. The van der Waals surface area contributed by atoms with Crippen LogP contribution in [0.5, 0.6) is 5.75 Å². The quantitative estimate of drug-likeness (QED) is 0.812. The Bertz CT molecular complexity index is 709. The van der Waals surface area contributed by atoms with E-state index in [1.807, 2.05) is 30.3 Å². The third kappa shape index (κ3) is 2.23. The van der Waals surface area contributed by atoms with E-state index in [0.717, 1.165) is 28.2 Å². The number of esters is 1. The number of rotatable bonds is 3. The molecule has 0 spiro atoms. The highest BCUT2D eigenvalue weighted by Crippen LogP contribution is 2.40. The maximum absolute atomic E-state index is 12.1. The molecule has 1 heterocycles. The van der Waals surface area contributed by atoms with Crippen LogP contribution in [0, 0.1) is 0 Å². The summed E-state index contributed by atoms with van der Waals surface area (Å²) in [5.41, 5.74) is 3.32. The molecule has 0 unspecified atom stereocenters. The van der Waals surface area contributed by atoms with Crippen molar-refractivity contribution in [1.82, 2.24) is 0 Å². The fourth-order valence-corrected chi connectivity index (χ4v) is 2.77. The van der Waals surface area contributed by atoms with Crippen LogP contribution in [0.4, 0.5) is 0 Å². The van der Waals surface area contributed by atoms with Gasteiger partial charge in [-0.15, -0.1) is 0 Å². The van der Waals surface area contributed by atoms with Gasteiger partial charge in [-0.25, -0.2) is 4.79 Å². The summed E-state index contributed by atoms with van der Waals surface area (Å²) in [6, 6.07) is 9.54. The molecule has 0 fully saturated rings. The fraction of sp³-hybridized carbons (Fsp3) is 0.235. The highest BCUT2D eigenvalue weighted by molar-refractivity contribution is 6.03. The topological polar surface area (TPSA) is 48.7 Å². The number of hydrogen-bond donors (Lipinski definition) is 0. The second kappa shape index (κ2) is 5.48. The molecule has 4 heteroatoms. The highest BCUT2D eigenvalue weighted by Gasteiger charge is 2.28. The van der Waals surface area contributed by atoms with Gasteiger partial charge in [0, 0.05) is 28.7 Å². The maximum atomic E-state index is 12.1. The molecule has 1 aliphatic rings. The van der Waals surface area contributed by atoms with E-state index in [4.69, 9.17) is 13.9 Å². The van der Waals surface area contributed by atoms with Gasteiger partial charge in [-0.05, 0) is 18.6 Å². The van der Waals surface area contributed by atoms with E-state index in [1.54, 1.807) is 13.4 Å². The molecular weight excluding hydrogens is 268 g/mol. The lowest BCUT2D eigenvalue weighted by molar-refractivity contribution is -0.136. The Balaban J connectivity index is 2.27. The normalized spacial score (nSPS) is 13.8. The molecule has 1 aliphatic carbocycles. The van der Waals surface area contributed by atoms with Crippen LogP contribution in [0.2, 0.25) is 0 Å². The molecule has 0 N–H and O–H groups in total. The van der Waals surface area contributed by atoms with Crippen molar-refractivity contribution in [2.24, 2.45) is 0 Å². The van der Waals surface area contributed by atoms with Crippen LogP contribution in [0.25, 0.3) is 5.57 Å². The minimum absolute atomic E-state index is 0.303. The minimum atomic E-state index is -0.303. The Morgan fingerprint density at radius 3 is 2.67 bits per heavy atom. The monoisotopic (exact) mass is 284 g/mol. The largest absolute Gasteiger partial charge is 0.496 e. The smallest absolute Gasteiger partial charge is 0.334 e. The molecule has 4 nitrogen and oxygen atoms in total. The van der Waals surface area contributed by atoms with E-state index in [-0.39, 0.29) is 5.97 Å². The number of methoxy groups -OCH3 is 2. The number of benzene rings is 1. The second-order valence-corrected chi connectivity index (χ2v) is 4.80. The van der Waals surface area contributed by atoms with Gasteiger partial charge >= 0.3 is 5.97 Å². The van der Waals surface area contributed by atoms with Gasteiger partial charge in [0.2, 0.25) is 0 Å². The number of aryl methyl sites for hydroxylation is 1. The molecule has 2 aromatic rings. The Kier molecular flexibility index (Phi) is 3.52. The summed E-state index contributed by atoms with van der Waals surface area (Å²) < 4.78 is 15.9. The van der Waals surface area contributed by atoms with Crippen LogP contribution in [0.1, 0.15) is 23.3 Å². The van der Waals surface area contributed by atoms with Gasteiger partial charge in [-0.3, -0.25) is 0 Å². The van der Waals surface area contributed by atoms with Crippen LogP contribution in [0.3, 0.4) is 0 Å². The van der Waals surface area contributed by atoms with Crippen molar-refractivity contribution in [2.75, 3.05) is 14.2 Å². The van der Waals surface area contributed by atoms with E-state index in [2.05, 4.69) is 0 Å². The number of carbonyl (C=O) groups excluding carboxylic acids is 1. The molecule has 0 saturated carbocycles. The highest BCUT2D eigenvalue weighted by atomic mass is 16.5. The van der Waals surface area contributed by atoms with Gasteiger partial charge in [0.25, 0.3) is 0 Å². The van der Waals surface area contributed by atoms with E-state index < -0.39 is 0 Å². The molecule has 0 amide bonds. The van der Waals surface area contributed by atoms with E-state index >= 15 is 0 Å². The molecule has 108 valence electrons. The average molecular weight is 284 g/mol. The summed E-state index contributed by atoms with van der Waals surface area (Å²) in [7, 11) is 3.02. The van der Waals surface area contributed by atoms with Crippen molar-refractivity contribution in [1.29, 1.82) is 0 Å². The Hall–Kier alpha value is -2.49. The number of hydrogen-bond acceptors (Lipinski definition) is 4. The predicted octanol–water partition coefficient (Wildman–Crippen LogP) is 3.21. The predicted molar refractivity (Wildman–Crippen MR) is 78.1 cm³/mol. The summed E-state index contributed by atoms with van der Waals surface area (Å²) in [5, 5.41) is 0. The van der Waals surface area contributed by atoms with Crippen molar-refractivity contribution in [3.05, 3.63) is 59.1 Å². The number of para-hydroxylation sites is 1. The van der Waals surface area contributed by atoms with Crippen molar-refractivity contribution in [3.63, 3.8) is 0 Å². The van der Waals surface area contributed by atoms with Gasteiger partial charge in [0.1, 0.15) is 11.5 Å². The lowest BCUT2D eigenvalue weighted by Gasteiger charge is -2.20. The van der Waals surface area contributed by atoms with E-state index in [1.165, 1.54) is 7.11 Å². The number of furan rings is 1. The molecule has 3 rings (SSSR count). The van der Waals surface area contributed by atoms with Gasteiger partial charge in [0.15, 0.2) is 0 Å². The van der Waals surface area contributed by atoms with Crippen LogP contribution in [0.15, 0.2) is 46.6 Å². The first-order valence-corrected chi connectivity index (χ1v) is 6.78. The molecule has 0 radical (unpaired) electrons. The SMILES string of the molecule is COC(=O)C1=C(c2ccccc2OC)c2ccoc2CC1. The number of ether oxygens (including phenoxy) is 2. The summed E-state index contributed by atoms with van der Waals surface area (Å²) in [5.74, 6) is 1.31. The minimum Gasteiger partial charge on any atom is -0.496 e. The van der Waals surface area contributed by atoms with Gasteiger partial charge in [-0.1, -0.05) is 18.2 Å². The third-order valence-electron chi connectivity index (χ3n) is 3.73. The Morgan fingerprint density at radius 2 is 1.90 bits per heavy atom. The number of fused-ring (bicyclic) bond motifs is 1. The van der Waals surface area contributed by atoms with Crippen LogP contribution >= 0.6 is 0 Å². The molecule has 0 saturated heterocycles. The molecule has 1 aromatic heterocycles. The van der Waals surface area contributed by atoms with Gasteiger partial charge in [0.05, 0.1) is 20.5 Å². The maximum Gasteiger partial charge on any atom is 0.334 e. The van der Waals surface area contributed by atoms with Crippen LogP contribution in [-0.2, 0) is 16.0 Å². The molecule has 0 aliphatic heterocycles. The van der Waals surface area contributed by atoms with E-state index in [0.29, 0.717) is 18.4 Å². The number of carbonyl (C=O) groups is 1. The zero-order valence-corrected chi connectivity index (χ0v) is 12.0.